The quantitative estimate of drug-likeness (QED) is 0.105. The van der Waals surface area contributed by atoms with Crippen LogP contribution in [0.2, 0.25) is 0 Å². The third-order valence-electron chi connectivity index (χ3n) is 26.5. The van der Waals surface area contributed by atoms with Crippen molar-refractivity contribution in [1.82, 2.24) is 0 Å². The van der Waals surface area contributed by atoms with Crippen LogP contribution in [0.25, 0.3) is 219 Å². The molecule has 0 saturated carbocycles. The first-order valence-electron chi connectivity index (χ1n) is 41.5. The largest absolute Gasteiger partial charge is 0.0619 e. The summed E-state index contributed by atoms with van der Waals surface area (Å²) in [6, 6.07) is 154. The first kappa shape index (κ1) is 69.0. The summed E-state index contributed by atoms with van der Waals surface area (Å²) in [5.74, 6) is 0. The molecule has 2 aliphatic carbocycles. The molecule has 0 aliphatic heterocycles. The van der Waals surface area contributed by atoms with Gasteiger partial charge in [0.25, 0.3) is 0 Å². The van der Waals surface area contributed by atoms with Gasteiger partial charge >= 0.3 is 0 Å². The molecule has 118 heavy (non-hydrogen) atoms. The van der Waals surface area contributed by atoms with E-state index in [1.807, 2.05) is 0 Å². The Bertz CT molecular complexity index is 7950. The summed E-state index contributed by atoms with van der Waals surface area (Å²) in [6.07, 6.45) is 0. The molecule has 24 rings (SSSR count). The minimum absolute atomic E-state index is 0.0954. The number of hydrogen-bond acceptors (Lipinski definition) is 0. The topological polar surface area (TPSA) is 0 Å². The van der Waals surface area contributed by atoms with Crippen molar-refractivity contribution in [3.8, 4) is 111 Å². The van der Waals surface area contributed by atoms with Gasteiger partial charge in [-0.15, -0.1) is 0 Å². The molecule has 0 heterocycles. The summed E-state index contributed by atoms with van der Waals surface area (Å²) in [7, 11) is 0. The maximum atomic E-state index is 2.49. The van der Waals surface area contributed by atoms with E-state index in [0.717, 1.165) is 0 Å². The van der Waals surface area contributed by atoms with Crippen LogP contribution < -0.4 is 0 Å². The number of benzene rings is 22. The van der Waals surface area contributed by atoms with Crippen LogP contribution in [0.15, 0.2) is 413 Å². The molecule has 0 spiro atoms. The second kappa shape index (κ2) is 27.0. The highest BCUT2D eigenvalue weighted by Crippen LogP contribution is 2.55. The fraction of sp³-hybridized carbons (Fsp3) is 0.0508. The summed E-state index contributed by atoms with van der Waals surface area (Å²) < 4.78 is 0. The fourth-order valence-corrected chi connectivity index (χ4v) is 20.7. The van der Waals surface area contributed by atoms with Crippen molar-refractivity contribution in [3.05, 3.63) is 435 Å². The third-order valence-corrected chi connectivity index (χ3v) is 26.5. The van der Waals surface area contributed by atoms with E-state index >= 15 is 0 Å². The molecule has 0 heteroatoms. The van der Waals surface area contributed by atoms with E-state index in [1.54, 1.807) is 0 Å². The van der Waals surface area contributed by atoms with Crippen LogP contribution in [0.4, 0.5) is 0 Å². The number of rotatable bonds is 8. The molecule has 0 fully saturated rings. The van der Waals surface area contributed by atoms with E-state index in [-0.39, 0.29) is 10.8 Å². The van der Waals surface area contributed by atoms with Crippen molar-refractivity contribution in [1.29, 1.82) is 0 Å². The highest BCUT2D eigenvalue weighted by molar-refractivity contribution is 6.25. The predicted molar refractivity (Wildman–Crippen MR) is 507 cm³/mol. The average Bonchev–Trinajstić information content (AvgIpc) is 1.10. The second-order valence-electron chi connectivity index (χ2n) is 33.6. The second-order valence-corrected chi connectivity index (χ2v) is 33.6. The van der Waals surface area contributed by atoms with Crippen molar-refractivity contribution in [2.24, 2.45) is 0 Å². The molecule has 0 saturated heterocycles. The molecule has 0 unspecified atom stereocenters. The molecule has 552 valence electrons. The van der Waals surface area contributed by atoms with Crippen molar-refractivity contribution in [2.75, 3.05) is 0 Å². The van der Waals surface area contributed by atoms with E-state index in [2.05, 4.69) is 440 Å². The lowest BCUT2D eigenvalue weighted by Gasteiger charge is -2.23. The lowest BCUT2D eigenvalue weighted by molar-refractivity contribution is 0.660. The number of fused-ring (bicyclic) bond motifs is 18. The zero-order valence-electron chi connectivity index (χ0n) is 66.3. The van der Waals surface area contributed by atoms with Crippen LogP contribution in [0.3, 0.4) is 0 Å². The van der Waals surface area contributed by atoms with Gasteiger partial charge in [0.1, 0.15) is 0 Å². The molecule has 0 atom stereocenters. The van der Waals surface area contributed by atoms with E-state index in [1.165, 1.54) is 241 Å². The normalized spacial score (nSPS) is 13.1. The highest BCUT2D eigenvalue weighted by Gasteiger charge is 2.37. The smallest absolute Gasteiger partial charge is 0.0159 e. The highest BCUT2D eigenvalue weighted by atomic mass is 14.4. The van der Waals surface area contributed by atoms with Crippen molar-refractivity contribution in [3.63, 3.8) is 0 Å². The van der Waals surface area contributed by atoms with Gasteiger partial charge < -0.3 is 0 Å². The third kappa shape index (κ3) is 10.9. The van der Waals surface area contributed by atoms with Crippen LogP contribution >= 0.6 is 0 Å². The summed E-state index contributed by atoms with van der Waals surface area (Å²) >= 11 is 0. The predicted octanol–water partition coefficient (Wildman–Crippen LogP) is 32.9. The van der Waals surface area contributed by atoms with Gasteiger partial charge in [0.2, 0.25) is 0 Å². The fourth-order valence-electron chi connectivity index (χ4n) is 20.7. The Morgan fingerprint density at radius 1 is 0.127 bits per heavy atom. The van der Waals surface area contributed by atoms with Gasteiger partial charge in [-0.1, -0.05) is 398 Å². The van der Waals surface area contributed by atoms with Crippen molar-refractivity contribution >= 4 is 108 Å². The molecule has 0 amide bonds. The molecule has 0 nitrogen and oxygen atoms in total. The average molecular weight is 1500 g/mol. The van der Waals surface area contributed by atoms with Crippen LogP contribution in [0.5, 0.6) is 0 Å². The molecule has 0 radical (unpaired) electrons. The SMILES string of the molecule is CC1(C)c2ccccc2-c2ccc(-c3c4ccccc4c(-c4ccc(-c5cc6ccccc6c6ccccc56)cc4)c4ccc(-c5ccc6ccccc6c5)cc34)cc21.CC1(C)c2ccccc2-c2ccc(-c3c4ccccc4c(-c4ccc(-c5cc6ccccc6c6ccccc56)cc4)c4ccc(-c5cccc6ccccc56)cc34)cc21. The van der Waals surface area contributed by atoms with Gasteiger partial charge in [0, 0.05) is 10.8 Å². The minimum Gasteiger partial charge on any atom is -0.0619 e. The Morgan fingerprint density at radius 3 is 0.924 bits per heavy atom. The lowest BCUT2D eigenvalue weighted by Crippen LogP contribution is -2.14. The standard InChI is InChI=1S/2C59H40/c1-59(2)55-25-12-11-21-48(55)49-32-31-42(36-56(49)59)58-51-23-10-9-22-50(51)57(52-33-30-41(35-54(52)58)44-24-13-16-37-14-3-5-17-43(37)44)39-28-26-38(27-29-39)53-34-40-15-4-6-18-45(40)46-19-7-8-20-47(46)53;1-59(2)55-22-12-11-19-48(55)49-31-30-44(36-56(49)59)58-51-21-10-9-20-50(51)57(52-32-29-42(34-54(52)58)41-28-23-37-13-3-4-14-40(37)33-41)39-26-24-38(25-27-39)53-35-43-15-5-6-16-45(43)46-17-7-8-18-47(46)53/h2*3-36H,1-2H3. The maximum Gasteiger partial charge on any atom is 0.0159 e. The minimum atomic E-state index is -0.0975. The summed E-state index contributed by atoms with van der Waals surface area (Å²) in [5, 5.41) is 25.4. The molecule has 2 aliphatic rings. The molecule has 0 bridgehead atoms. The summed E-state index contributed by atoms with van der Waals surface area (Å²) in [4.78, 5) is 0. The zero-order chi connectivity index (χ0) is 78.5. The van der Waals surface area contributed by atoms with Gasteiger partial charge in [-0.3, -0.25) is 0 Å². The summed E-state index contributed by atoms with van der Waals surface area (Å²) in [5.41, 5.74) is 30.7. The van der Waals surface area contributed by atoms with Crippen molar-refractivity contribution in [2.45, 2.75) is 38.5 Å². The zero-order valence-corrected chi connectivity index (χ0v) is 66.3. The Kier molecular flexibility index (Phi) is 15.8. The van der Waals surface area contributed by atoms with Crippen LogP contribution in [-0.4, -0.2) is 0 Å². The van der Waals surface area contributed by atoms with Crippen LogP contribution in [0, 0.1) is 0 Å². The van der Waals surface area contributed by atoms with Crippen LogP contribution in [0.1, 0.15) is 49.9 Å². The first-order chi connectivity index (χ1) is 58.0. The van der Waals surface area contributed by atoms with Crippen molar-refractivity contribution < 1.29 is 0 Å². The molecule has 22 aromatic rings. The lowest BCUT2D eigenvalue weighted by atomic mass is 9.80. The van der Waals surface area contributed by atoms with E-state index in [0.29, 0.717) is 0 Å². The van der Waals surface area contributed by atoms with Gasteiger partial charge in [-0.25, -0.2) is 0 Å². The Labute approximate surface area is 687 Å². The summed E-state index contributed by atoms with van der Waals surface area (Å²) in [6.45, 7) is 9.51. The van der Waals surface area contributed by atoms with Crippen LogP contribution in [-0.2, 0) is 10.8 Å². The molecule has 0 aromatic heterocycles. The Morgan fingerprint density at radius 2 is 0.432 bits per heavy atom. The Hall–Kier alpha value is -14.6. The Balaban J connectivity index is 0.000000138. The maximum absolute atomic E-state index is 2.49. The molecular formula is C118H80. The van der Waals surface area contributed by atoms with E-state index < -0.39 is 0 Å². The first-order valence-corrected chi connectivity index (χ1v) is 41.5. The van der Waals surface area contributed by atoms with Gasteiger partial charge in [-0.05, 0) is 284 Å². The monoisotopic (exact) mass is 1500 g/mol. The van der Waals surface area contributed by atoms with E-state index in [9.17, 15) is 0 Å². The van der Waals surface area contributed by atoms with E-state index in [4.69, 9.17) is 0 Å². The van der Waals surface area contributed by atoms with Gasteiger partial charge in [0.15, 0.2) is 0 Å². The molecular weight excluding hydrogens is 1420 g/mol. The molecule has 0 N–H and O–H groups in total. The van der Waals surface area contributed by atoms with Gasteiger partial charge in [0.05, 0.1) is 0 Å². The number of hydrogen-bond donors (Lipinski definition) is 0. The molecule has 22 aromatic carbocycles. The van der Waals surface area contributed by atoms with Gasteiger partial charge in [-0.2, -0.15) is 0 Å².